The van der Waals surface area contributed by atoms with Crippen molar-refractivity contribution in [3.05, 3.63) is 40.8 Å². The molecule has 0 saturated heterocycles. The summed E-state index contributed by atoms with van der Waals surface area (Å²) in [5.74, 6) is 0. The Hall–Kier alpha value is -0.910. The van der Waals surface area contributed by atoms with Crippen molar-refractivity contribution in [3.8, 4) is 6.07 Å². The van der Waals surface area contributed by atoms with Gasteiger partial charge in [-0.3, -0.25) is 0 Å². The molecule has 0 N–H and O–H groups in total. The molecule has 1 rings (SSSR count). The lowest BCUT2D eigenvalue weighted by molar-refractivity contribution is 1.47. The second kappa shape index (κ2) is 4.87. The minimum absolute atomic E-state index is 0.713. The van der Waals surface area contributed by atoms with Crippen LogP contribution in [0, 0.1) is 11.3 Å². The fraction of sp³-hybridized carbons (Fsp3) is 0. The van der Waals surface area contributed by atoms with Crippen LogP contribution in [0.1, 0.15) is 0 Å². The Morgan fingerprint density at radius 2 is 2.33 bits per heavy atom. The van der Waals surface area contributed by atoms with Crippen molar-refractivity contribution in [2.75, 3.05) is 0 Å². The molecule has 0 aliphatic rings. The molecule has 0 fully saturated rings. The summed E-state index contributed by atoms with van der Waals surface area (Å²) in [7, 11) is 0. The number of rotatable bonds is 2. The van der Waals surface area contributed by atoms with Crippen molar-refractivity contribution < 1.29 is 0 Å². The molecule has 1 aromatic rings. The van der Waals surface area contributed by atoms with Crippen molar-refractivity contribution in [1.29, 1.82) is 5.26 Å². The molecule has 0 saturated carbocycles. The molecule has 0 spiro atoms. The molecular formula is C9H6ClNS. The minimum atomic E-state index is 0.713. The van der Waals surface area contributed by atoms with Crippen molar-refractivity contribution >= 4 is 23.4 Å². The summed E-state index contributed by atoms with van der Waals surface area (Å²) in [5.41, 5.74) is 0. The van der Waals surface area contributed by atoms with E-state index in [2.05, 4.69) is 0 Å². The van der Waals surface area contributed by atoms with Gasteiger partial charge in [0.15, 0.2) is 0 Å². The van der Waals surface area contributed by atoms with Gasteiger partial charge in [0.2, 0.25) is 0 Å². The van der Waals surface area contributed by atoms with E-state index in [1.54, 1.807) is 5.41 Å². The van der Waals surface area contributed by atoms with E-state index in [9.17, 15) is 0 Å². The zero-order valence-corrected chi connectivity index (χ0v) is 7.77. The largest absolute Gasteiger partial charge is 0.193 e. The third kappa shape index (κ3) is 3.00. The molecule has 0 unspecified atom stereocenters. The number of thioether (sulfide) groups is 1. The Morgan fingerprint density at radius 3 is 3.00 bits per heavy atom. The van der Waals surface area contributed by atoms with Gasteiger partial charge in [0.05, 0.1) is 6.07 Å². The first-order valence-electron chi connectivity index (χ1n) is 3.30. The molecule has 1 nitrogen and oxygen atoms in total. The molecule has 0 atom stereocenters. The summed E-state index contributed by atoms with van der Waals surface area (Å²) < 4.78 is 0. The molecule has 0 heterocycles. The first kappa shape index (κ1) is 9.18. The summed E-state index contributed by atoms with van der Waals surface area (Å²) in [6.07, 6.45) is 1.44. The lowest BCUT2D eigenvalue weighted by atomic mass is 10.4. The summed E-state index contributed by atoms with van der Waals surface area (Å²) in [5, 5.41) is 10.7. The summed E-state index contributed by atoms with van der Waals surface area (Å²) in [6, 6.07) is 9.41. The van der Waals surface area contributed by atoms with Gasteiger partial charge < -0.3 is 0 Å². The van der Waals surface area contributed by atoms with Crippen LogP contribution in [0.3, 0.4) is 0 Å². The Bertz CT molecular complexity index is 328. The van der Waals surface area contributed by atoms with Crippen LogP contribution >= 0.6 is 23.4 Å². The van der Waals surface area contributed by atoms with Crippen LogP contribution in [0.5, 0.6) is 0 Å². The molecule has 12 heavy (non-hydrogen) atoms. The highest BCUT2D eigenvalue weighted by Crippen LogP contribution is 2.21. The quantitative estimate of drug-likeness (QED) is 0.533. The maximum absolute atomic E-state index is 8.22. The topological polar surface area (TPSA) is 23.8 Å². The predicted molar refractivity (Wildman–Crippen MR) is 52.1 cm³/mol. The monoisotopic (exact) mass is 195 g/mol. The number of nitriles is 1. The second-order valence-electron chi connectivity index (χ2n) is 2.01. The number of hydrogen-bond donors (Lipinski definition) is 0. The van der Waals surface area contributed by atoms with E-state index < -0.39 is 0 Å². The molecule has 0 aromatic heterocycles. The molecule has 0 bridgehead atoms. The average Bonchev–Trinajstić information content (AvgIpc) is 2.05. The van der Waals surface area contributed by atoms with Crippen LogP contribution in [-0.4, -0.2) is 0 Å². The fourth-order valence-electron chi connectivity index (χ4n) is 0.683. The van der Waals surface area contributed by atoms with Gasteiger partial charge in [0.25, 0.3) is 0 Å². The number of hydrogen-bond acceptors (Lipinski definition) is 2. The Kier molecular flexibility index (Phi) is 3.72. The summed E-state index contributed by atoms with van der Waals surface area (Å²) in [6.45, 7) is 0. The Labute approximate surface area is 80.7 Å². The van der Waals surface area contributed by atoms with Crippen LogP contribution in [0.4, 0.5) is 0 Å². The number of halogens is 1. The van der Waals surface area contributed by atoms with Crippen LogP contribution < -0.4 is 0 Å². The Morgan fingerprint density at radius 1 is 1.50 bits per heavy atom. The molecule has 0 amide bonds. The molecule has 1 aromatic carbocycles. The van der Waals surface area contributed by atoms with Gasteiger partial charge in [0, 0.05) is 16.0 Å². The van der Waals surface area contributed by atoms with E-state index in [-0.39, 0.29) is 0 Å². The average molecular weight is 196 g/mol. The Balaban J connectivity index is 2.65. The fourth-order valence-corrected chi connectivity index (χ4v) is 1.58. The molecule has 0 aliphatic heterocycles. The summed E-state index contributed by atoms with van der Waals surface area (Å²) >= 11 is 7.23. The van der Waals surface area contributed by atoms with Crippen LogP contribution in [0.15, 0.2) is 40.6 Å². The van der Waals surface area contributed by atoms with E-state index in [1.807, 2.05) is 30.3 Å². The van der Waals surface area contributed by atoms with Crippen LogP contribution in [0.2, 0.25) is 5.02 Å². The van der Waals surface area contributed by atoms with E-state index in [0.29, 0.717) is 5.02 Å². The van der Waals surface area contributed by atoms with Gasteiger partial charge in [0.1, 0.15) is 0 Å². The van der Waals surface area contributed by atoms with Gasteiger partial charge in [-0.2, -0.15) is 5.26 Å². The third-order valence-corrected chi connectivity index (χ3v) is 2.18. The lowest BCUT2D eigenvalue weighted by Gasteiger charge is -1.94. The highest BCUT2D eigenvalue weighted by Gasteiger charge is 1.90. The SMILES string of the molecule is N#CC=CSc1cccc(Cl)c1. The van der Waals surface area contributed by atoms with E-state index in [0.717, 1.165) is 4.90 Å². The van der Waals surface area contributed by atoms with Crippen molar-refractivity contribution in [1.82, 2.24) is 0 Å². The number of nitrogens with zero attached hydrogens (tertiary/aromatic N) is 1. The molecule has 0 aliphatic carbocycles. The zero-order chi connectivity index (χ0) is 8.81. The highest BCUT2D eigenvalue weighted by molar-refractivity contribution is 8.02. The van der Waals surface area contributed by atoms with Crippen LogP contribution in [-0.2, 0) is 0 Å². The van der Waals surface area contributed by atoms with Crippen LogP contribution in [0.25, 0.3) is 0 Å². The molecular weight excluding hydrogens is 190 g/mol. The highest BCUT2D eigenvalue weighted by atomic mass is 35.5. The maximum atomic E-state index is 8.22. The predicted octanol–water partition coefficient (Wildman–Crippen LogP) is 3.47. The standard InChI is InChI=1S/C9H6ClNS/c10-8-3-1-4-9(7-8)12-6-2-5-11/h1-4,6-7H. The lowest BCUT2D eigenvalue weighted by Crippen LogP contribution is -1.67. The number of benzene rings is 1. The molecule has 60 valence electrons. The molecule has 0 radical (unpaired) electrons. The van der Waals surface area contributed by atoms with Crippen molar-refractivity contribution in [3.63, 3.8) is 0 Å². The smallest absolute Gasteiger partial charge is 0.0917 e. The second-order valence-corrected chi connectivity index (χ2v) is 3.42. The van der Waals surface area contributed by atoms with Gasteiger partial charge >= 0.3 is 0 Å². The van der Waals surface area contributed by atoms with Gasteiger partial charge in [-0.1, -0.05) is 29.4 Å². The first-order valence-corrected chi connectivity index (χ1v) is 4.55. The maximum Gasteiger partial charge on any atom is 0.0917 e. The van der Waals surface area contributed by atoms with Crippen molar-refractivity contribution in [2.24, 2.45) is 0 Å². The molecule has 3 heteroatoms. The minimum Gasteiger partial charge on any atom is -0.193 e. The summed E-state index contributed by atoms with van der Waals surface area (Å²) in [4.78, 5) is 1.04. The van der Waals surface area contributed by atoms with E-state index in [1.165, 1.54) is 17.8 Å². The van der Waals surface area contributed by atoms with Gasteiger partial charge in [-0.05, 0) is 23.6 Å². The van der Waals surface area contributed by atoms with E-state index in [4.69, 9.17) is 16.9 Å². The first-order chi connectivity index (χ1) is 5.83. The third-order valence-electron chi connectivity index (χ3n) is 1.14. The van der Waals surface area contributed by atoms with E-state index >= 15 is 0 Å². The van der Waals surface area contributed by atoms with Gasteiger partial charge in [-0.25, -0.2) is 0 Å². The zero-order valence-electron chi connectivity index (χ0n) is 6.20. The number of allylic oxidation sites excluding steroid dienone is 1. The normalized spacial score (nSPS) is 10.0. The van der Waals surface area contributed by atoms with Crippen molar-refractivity contribution in [2.45, 2.75) is 4.90 Å². The van der Waals surface area contributed by atoms with Gasteiger partial charge in [-0.15, -0.1) is 0 Å².